The molecule has 2 N–H and O–H groups in total. The van der Waals surface area contributed by atoms with E-state index in [1.54, 1.807) is 30.3 Å². The summed E-state index contributed by atoms with van der Waals surface area (Å²) in [7, 11) is 0. The smallest absolute Gasteiger partial charge is 0.255 e. The van der Waals surface area contributed by atoms with Crippen LogP contribution in [0.4, 0.5) is 5.69 Å². The van der Waals surface area contributed by atoms with Gasteiger partial charge in [-0.25, -0.2) is 0 Å². The molecule has 3 aromatic carbocycles. The Balaban J connectivity index is 1.73. The first-order chi connectivity index (χ1) is 15.5. The van der Waals surface area contributed by atoms with Crippen molar-refractivity contribution in [1.82, 2.24) is 5.32 Å². The van der Waals surface area contributed by atoms with Crippen molar-refractivity contribution in [2.45, 2.75) is 12.5 Å². The Morgan fingerprint density at radius 2 is 1.47 bits per heavy atom. The summed E-state index contributed by atoms with van der Waals surface area (Å²) in [5.41, 5.74) is 2.94. The van der Waals surface area contributed by atoms with E-state index in [0.717, 1.165) is 11.1 Å². The summed E-state index contributed by atoms with van der Waals surface area (Å²) in [6, 6.07) is 22.3. The maximum absolute atomic E-state index is 12.8. The van der Waals surface area contributed by atoms with Gasteiger partial charge in [-0.05, 0) is 53.8 Å². The lowest BCUT2D eigenvalue weighted by atomic mass is 10.0. The molecule has 6 nitrogen and oxygen atoms in total. The largest absolute Gasteiger partial charge is 0.548 e. The third-order valence-electron chi connectivity index (χ3n) is 4.87. The number of anilines is 1. The number of aliphatic carboxylic acids is 1. The van der Waals surface area contributed by atoms with E-state index in [1.807, 2.05) is 48.7 Å². The van der Waals surface area contributed by atoms with Gasteiger partial charge in [-0.15, -0.1) is 0 Å². The normalized spacial score (nSPS) is 11.4. The van der Waals surface area contributed by atoms with Crippen molar-refractivity contribution < 1.29 is 19.5 Å². The van der Waals surface area contributed by atoms with E-state index in [2.05, 4.69) is 10.6 Å². The molecule has 0 aromatic heterocycles. The minimum Gasteiger partial charge on any atom is -0.548 e. The van der Waals surface area contributed by atoms with Crippen LogP contribution in [0, 0.1) is 0 Å². The molecule has 0 aliphatic rings. The van der Waals surface area contributed by atoms with Crippen molar-refractivity contribution in [1.29, 1.82) is 0 Å². The van der Waals surface area contributed by atoms with Gasteiger partial charge in [-0.1, -0.05) is 54.6 Å². The summed E-state index contributed by atoms with van der Waals surface area (Å²) in [5, 5.41) is 16.6. The maximum Gasteiger partial charge on any atom is 0.255 e. The number of carboxylic acid groups (broad SMARTS) is 1. The minimum absolute atomic E-state index is 0.178. The molecule has 0 fully saturated rings. The van der Waals surface area contributed by atoms with Crippen molar-refractivity contribution in [3.63, 3.8) is 0 Å². The lowest BCUT2D eigenvalue weighted by molar-refractivity contribution is -0.308. The number of carbonyl (C=O) groups is 3. The molecule has 32 heavy (non-hydrogen) atoms. The highest BCUT2D eigenvalue weighted by atomic mass is 32.2. The van der Waals surface area contributed by atoms with E-state index in [0.29, 0.717) is 17.0 Å². The molecule has 3 aromatic rings. The Morgan fingerprint density at radius 3 is 2.12 bits per heavy atom. The van der Waals surface area contributed by atoms with Gasteiger partial charge in [-0.3, -0.25) is 9.59 Å². The maximum atomic E-state index is 12.8. The number of amides is 2. The van der Waals surface area contributed by atoms with Crippen LogP contribution in [0.5, 0.6) is 0 Å². The molecular formula is C25H23N2O4S-. The Labute approximate surface area is 191 Å². The molecule has 0 aliphatic carbocycles. The van der Waals surface area contributed by atoms with Crippen LogP contribution in [-0.4, -0.2) is 35.8 Å². The monoisotopic (exact) mass is 447 g/mol. The summed E-state index contributed by atoms with van der Waals surface area (Å²) in [5.74, 6) is -1.73. The molecule has 0 aliphatic heterocycles. The van der Waals surface area contributed by atoms with Gasteiger partial charge in [0.15, 0.2) is 0 Å². The van der Waals surface area contributed by atoms with E-state index in [9.17, 15) is 19.5 Å². The molecule has 0 spiro atoms. The van der Waals surface area contributed by atoms with Crippen LogP contribution in [0.25, 0.3) is 11.1 Å². The van der Waals surface area contributed by atoms with Gasteiger partial charge >= 0.3 is 0 Å². The molecule has 1 atom stereocenters. The number of rotatable bonds is 9. The Kier molecular flexibility index (Phi) is 8.05. The van der Waals surface area contributed by atoms with Crippen LogP contribution in [-0.2, 0) is 4.79 Å². The summed E-state index contributed by atoms with van der Waals surface area (Å²) in [6.45, 7) is 0. The van der Waals surface area contributed by atoms with Crippen LogP contribution in [0.15, 0.2) is 78.9 Å². The second-order valence-corrected chi connectivity index (χ2v) is 8.06. The third-order valence-corrected chi connectivity index (χ3v) is 5.52. The van der Waals surface area contributed by atoms with Crippen LogP contribution >= 0.6 is 11.8 Å². The van der Waals surface area contributed by atoms with E-state index in [-0.39, 0.29) is 17.9 Å². The molecule has 7 heteroatoms. The lowest BCUT2D eigenvalue weighted by Gasteiger charge is -2.20. The zero-order chi connectivity index (χ0) is 22.9. The second kappa shape index (κ2) is 11.2. The van der Waals surface area contributed by atoms with E-state index < -0.39 is 17.9 Å². The number of carboxylic acids is 1. The zero-order valence-corrected chi connectivity index (χ0v) is 18.4. The van der Waals surface area contributed by atoms with Gasteiger partial charge in [0, 0.05) is 5.56 Å². The van der Waals surface area contributed by atoms with E-state index in [4.69, 9.17) is 0 Å². The summed E-state index contributed by atoms with van der Waals surface area (Å²) < 4.78 is 0. The van der Waals surface area contributed by atoms with Crippen molar-refractivity contribution in [2.24, 2.45) is 0 Å². The summed E-state index contributed by atoms with van der Waals surface area (Å²) in [4.78, 5) is 36.8. The fourth-order valence-electron chi connectivity index (χ4n) is 3.15. The first kappa shape index (κ1) is 23.1. The van der Waals surface area contributed by atoms with Crippen molar-refractivity contribution in [3.05, 3.63) is 90.0 Å². The molecule has 2 amide bonds. The van der Waals surface area contributed by atoms with Crippen LogP contribution < -0.4 is 15.7 Å². The Hall–Kier alpha value is -3.58. The van der Waals surface area contributed by atoms with Crippen LogP contribution in [0.3, 0.4) is 0 Å². The first-order valence-corrected chi connectivity index (χ1v) is 11.5. The predicted molar refractivity (Wildman–Crippen MR) is 126 cm³/mol. The van der Waals surface area contributed by atoms with Crippen LogP contribution in [0.1, 0.15) is 27.1 Å². The molecule has 0 bridgehead atoms. The standard InChI is InChI=1S/C25H24N2O4S/c1-32-16-15-22(25(30)31)27-24(29)20-9-5-6-10-21(20)26-23(28)19-13-11-18(12-14-19)17-7-3-2-4-8-17/h2-14,22H,15-16H2,1H3,(H,26,28)(H,27,29)(H,30,31)/p-1/t22-/m0/s1. The zero-order valence-electron chi connectivity index (χ0n) is 17.5. The second-order valence-electron chi connectivity index (χ2n) is 7.07. The number of hydrogen-bond acceptors (Lipinski definition) is 5. The van der Waals surface area contributed by atoms with Crippen molar-refractivity contribution in [2.75, 3.05) is 17.3 Å². The van der Waals surface area contributed by atoms with Crippen molar-refractivity contribution >= 4 is 35.2 Å². The summed E-state index contributed by atoms with van der Waals surface area (Å²) >= 11 is 1.48. The van der Waals surface area contributed by atoms with Gasteiger partial charge in [-0.2, -0.15) is 11.8 Å². The molecule has 164 valence electrons. The molecule has 0 heterocycles. The first-order valence-electron chi connectivity index (χ1n) is 10.1. The van der Waals surface area contributed by atoms with Crippen LogP contribution in [0.2, 0.25) is 0 Å². The number of carbonyl (C=O) groups excluding carboxylic acids is 3. The molecule has 0 radical (unpaired) electrons. The average molecular weight is 448 g/mol. The molecule has 0 unspecified atom stereocenters. The minimum atomic E-state index is -1.34. The highest BCUT2D eigenvalue weighted by molar-refractivity contribution is 7.98. The van der Waals surface area contributed by atoms with E-state index >= 15 is 0 Å². The predicted octanol–water partition coefficient (Wildman–Crippen LogP) is 3.21. The third kappa shape index (κ3) is 5.98. The number of para-hydroxylation sites is 1. The van der Waals surface area contributed by atoms with Gasteiger partial charge < -0.3 is 20.5 Å². The lowest BCUT2D eigenvalue weighted by Crippen LogP contribution is -2.48. The highest BCUT2D eigenvalue weighted by Crippen LogP contribution is 2.21. The molecular weight excluding hydrogens is 424 g/mol. The topological polar surface area (TPSA) is 98.3 Å². The SMILES string of the molecule is CSCC[C@H](NC(=O)c1ccccc1NC(=O)c1ccc(-c2ccccc2)cc1)C(=O)[O-]. The quantitative estimate of drug-likeness (QED) is 0.525. The van der Waals surface area contributed by atoms with Gasteiger partial charge in [0.2, 0.25) is 0 Å². The Morgan fingerprint density at radius 1 is 0.844 bits per heavy atom. The average Bonchev–Trinajstić information content (AvgIpc) is 2.82. The fraction of sp³-hybridized carbons (Fsp3) is 0.160. The highest BCUT2D eigenvalue weighted by Gasteiger charge is 2.18. The number of nitrogens with one attached hydrogen (secondary N) is 2. The number of benzene rings is 3. The van der Waals surface area contributed by atoms with E-state index in [1.165, 1.54) is 17.8 Å². The Bertz CT molecular complexity index is 1080. The van der Waals surface area contributed by atoms with Gasteiger partial charge in [0.1, 0.15) is 0 Å². The van der Waals surface area contributed by atoms with Gasteiger partial charge in [0.05, 0.1) is 23.3 Å². The fourth-order valence-corrected chi connectivity index (χ4v) is 3.62. The molecule has 3 rings (SSSR count). The number of hydrogen-bond donors (Lipinski definition) is 2. The molecule has 0 saturated carbocycles. The van der Waals surface area contributed by atoms with Gasteiger partial charge in [0.25, 0.3) is 11.8 Å². The summed E-state index contributed by atoms with van der Waals surface area (Å²) in [6.07, 6.45) is 2.10. The number of thioether (sulfide) groups is 1. The van der Waals surface area contributed by atoms with Crippen molar-refractivity contribution in [3.8, 4) is 11.1 Å². The molecule has 0 saturated heterocycles.